The van der Waals surface area contributed by atoms with E-state index in [0.717, 1.165) is 0 Å². The largest absolute Gasteiger partial charge is 0.469 e. The standard InChI is InChI=1S/C16H18O5/c1-19-14(18)10-11-16(12-6-4-3-5-7-12)13(17)8-9-15(20-2)21-16/h3-9,15H,10-11H2,1-2H3/t15-,16+/m0/s1. The van der Waals surface area contributed by atoms with Gasteiger partial charge in [-0.15, -0.1) is 0 Å². The Morgan fingerprint density at radius 3 is 2.62 bits per heavy atom. The highest BCUT2D eigenvalue weighted by molar-refractivity contribution is 5.98. The van der Waals surface area contributed by atoms with Crippen LogP contribution in [-0.4, -0.2) is 32.3 Å². The first-order chi connectivity index (χ1) is 10.1. The Balaban J connectivity index is 2.36. The van der Waals surface area contributed by atoms with Crippen molar-refractivity contribution in [3.8, 4) is 0 Å². The molecule has 1 aliphatic heterocycles. The summed E-state index contributed by atoms with van der Waals surface area (Å²) in [6.45, 7) is 0. The molecule has 1 aliphatic rings. The van der Waals surface area contributed by atoms with Crippen LogP contribution in [0.3, 0.4) is 0 Å². The Hall–Kier alpha value is -1.98. The third-order valence-corrected chi connectivity index (χ3v) is 3.50. The summed E-state index contributed by atoms with van der Waals surface area (Å²) in [5, 5.41) is 0. The number of methoxy groups -OCH3 is 2. The van der Waals surface area contributed by atoms with Crippen LogP contribution in [0.2, 0.25) is 0 Å². The third kappa shape index (κ3) is 3.20. The Morgan fingerprint density at radius 1 is 1.29 bits per heavy atom. The van der Waals surface area contributed by atoms with E-state index in [2.05, 4.69) is 4.74 Å². The molecule has 0 aliphatic carbocycles. The molecule has 21 heavy (non-hydrogen) atoms. The predicted octanol–water partition coefficient (Wildman–Crippen LogP) is 1.96. The lowest BCUT2D eigenvalue weighted by atomic mass is 9.83. The molecule has 2 rings (SSSR count). The zero-order valence-corrected chi connectivity index (χ0v) is 12.1. The number of ether oxygens (including phenoxy) is 3. The van der Waals surface area contributed by atoms with Crippen molar-refractivity contribution in [2.75, 3.05) is 14.2 Å². The summed E-state index contributed by atoms with van der Waals surface area (Å²) >= 11 is 0. The van der Waals surface area contributed by atoms with Crippen molar-refractivity contribution in [3.63, 3.8) is 0 Å². The summed E-state index contributed by atoms with van der Waals surface area (Å²) < 4.78 is 15.7. The maximum absolute atomic E-state index is 12.5. The molecule has 0 unspecified atom stereocenters. The molecule has 1 aromatic carbocycles. The van der Waals surface area contributed by atoms with Crippen LogP contribution in [0.15, 0.2) is 42.5 Å². The average molecular weight is 290 g/mol. The van der Waals surface area contributed by atoms with E-state index < -0.39 is 11.9 Å². The number of hydrogen-bond acceptors (Lipinski definition) is 5. The molecule has 0 saturated carbocycles. The van der Waals surface area contributed by atoms with Crippen molar-refractivity contribution < 1.29 is 23.8 Å². The van der Waals surface area contributed by atoms with Crippen LogP contribution in [-0.2, 0) is 29.4 Å². The van der Waals surface area contributed by atoms with Gasteiger partial charge < -0.3 is 14.2 Å². The highest BCUT2D eigenvalue weighted by Gasteiger charge is 2.44. The van der Waals surface area contributed by atoms with E-state index in [0.29, 0.717) is 5.56 Å². The second-order valence-corrected chi connectivity index (χ2v) is 4.71. The van der Waals surface area contributed by atoms with Crippen LogP contribution in [0.4, 0.5) is 0 Å². The molecule has 1 aromatic rings. The topological polar surface area (TPSA) is 61.8 Å². The molecular weight excluding hydrogens is 272 g/mol. The van der Waals surface area contributed by atoms with Crippen molar-refractivity contribution in [3.05, 3.63) is 48.0 Å². The van der Waals surface area contributed by atoms with Crippen LogP contribution in [0, 0.1) is 0 Å². The first kappa shape index (κ1) is 15.4. The highest BCUT2D eigenvalue weighted by atomic mass is 16.7. The van der Waals surface area contributed by atoms with Crippen LogP contribution in [0.25, 0.3) is 0 Å². The normalized spacial score (nSPS) is 24.9. The Morgan fingerprint density at radius 2 is 2.00 bits per heavy atom. The predicted molar refractivity (Wildman–Crippen MR) is 75.4 cm³/mol. The van der Waals surface area contributed by atoms with Crippen LogP contribution in [0.5, 0.6) is 0 Å². The lowest BCUT2D eigenvalue weighted by Crippen LogP contribution is -2.44. The van der Waals surface area contributed by atoms with Crippen LogP contribution >= 0.6 is 0 Å². The quantitative estimate of drug-likeness (QED) is 0.776. The SMILES string of the molecule is COC(=O)CC[C@]1(c2ccccc2)O[C@H](OC)C=CC1=O. The molecule has 0 saturated heterocycles. The van der Waals surface area contributed by atoms with E-state index in [1.165, 1.54) is 20.3 Å². The van der Waals surface area contributed by atoms with Gasteiger partial charge >= 0.3 is 5.97 Å². The van der Waals surface area contributed by atoms with Gasteiger partial charge in [0.15, 0.2) is 17.7 Å². The van der Waals surface area contributed by atoms with Gasteiger partial charge in [-0.05, 0) is 24.1 Å². The lowest BCUT2D eigenvalue weighted by molar-refractivity contribution is -0.194. The number of rotatable bonds is 5. The van der Waals surface area contributed by atoms with E-state index >= 15 is 0 Å². The van der Waals surface area contributed by atoms with E-state index in [1.807, 2.05) is 18.2 Å². The Labute approximate surface area is 123 Å². The Kier molecular flexibility index (Phi) is 4.88. The van der Waals surface area contributed by atoms with Gasteiger partial charge in [0.05, 0.1) is 7.11 Å². The lowest BCUT2D eigenvalue weighted by Gasteiger charge is -2.36. The first-order valence-electron chi connectivity index (χ1n) is 6.68. The van der Waals surface area contributed by atoms with Crippen LogP contribution in [0.1, 0.15) is 18.4 Å². The molecule has 0 spiro atoms. The van der Waals surface area contributed by atoms with Crippen molar-refractivity contribution >= 4 is 11.8 Å². The van der Waals surface area contributed by atoms with E-state index in [9.17, 15) is 9.59 Å². The molecule has 5 heteroatoms. The zero-order valence-electron chi connectivity index (χ0n) is 12.1. The maximum atomic E-state index is 12.5. The van der Waals surface area contributed by atoms with Crippen molar-refractivity contribution in [2.45, 2.75) is 24.7 Å². The van der Waals surface area contributed by atoms with Crippen molar-refractivity contribution in [1.82, 2.24) is 0 Å². The molecule has 0 bridgehead atoms. The molecule has 112 valence electrons. The molecule has 0 aromatic heterocycles. The molecule has 2 atom stereocenters. The second-order valence-electron chi connectivity index (χ2n) is 4.71. The maximum Gasteiger partial charge on any atom is 0.305 e. The second kappa shape index (κ2) is 6.65. The number of hydrogen-bond donors (Lipinski definition) is 0. The molecule has 0 N–H and O–H groups in total. The fourth-order valence-corrected chi connectivity index (χ4v) is 2.35. The number of esters is 1. The van der Waals surface area contributed by atoms with E-state index in [4.69, 9.17) is 9.47 Å². The first-order valence-corrected chi connectivity index (χ1v) is 6.68. The fourth-order valence-electron chi connectivity index (χ4n) is 2.35. The van der Waals surface area contributed by atoms with Gasteiger partial charge in [-0.1, -0.05) is 30.3 Å². The van der Waals surface area contributed by atoms with Gasteiger partial charge in [0.25, 0.3) is 0 Å². The van der Waals surface area contributed by atoms with Gasteiger partial charge in [0, 0.05) is 13.5 Å². The Bertz CT molecular complexity index is 537. The number of carbonyl (C=O) groups is 2. The molecule has 0 fully saturated rings. The number of benzene rings is 1. The van der Waals surface area contributed by atoms with E-state index in [1.54, 1.807) is 18.2 Å². The number of carbonyl (C=O) groups excluding carboxylic acids is 2. The summed E-state index contributed by atoms with van der Waals surface area (Å²) in [6.07, 6.45) is 2.66. The monoisotopic (exact) mass is 290 g/mol. The minimum atomic E-state index is -1.22. The highest BCUT2D eigenvalue weighted by Crippen LogP contribution is 2.36. The smallest absolute Gasteiger partial charge is 0.305 e. The summed E-state index contributed by atoms with van der Waals surface area (Å²) in [7, 11) is 2.82. The molecule has 0 amide bonds. The molecule has 0 radical (unpaired) electrons. The van der Waals surface area contributed by atoms with Gasteiger partial charge in [-0.2, -0.15) is 0 Å². The summed E-state index contributed by atoms with van der Waals surface area (Å²) in [5.41, 5.74) is -0.518. The van der Waals surface area contributed by atoms with Gasteiger partial charge in [0.2, 0.25) is 0 Å². The van der Waals surface area contributed by atoms with Crippen LogP contribution < -0.4 is 0 Å². The number of ketones is 1. The van der Waals surface area contributed by atoms with E-state index in [-0.39, 0.29) is 24.6 Å². The summed E-state index contributed by atoms with van der Waals surface area (Å²) in [5.74, 6) is -0.587. The summed E-state index contributed by atoms with van der Waals surface area (Å²) in [6, 6.07) is 9.12. The minimum Gasteiger partial charge on any atom is -0.469 e. The fraction of sp³-hybridized carbons (Fsp3) is 0.375. The zero-order chi connectivity index (χ0) is 15.3. The average Bonchev–Trinajstić information content (AvgIpc) is 2.54. The molecule has 1 heterocycles. The van der Waals surface area contributed by atoms with Crippen molar-refractivity contribution in [1.29, 1.82) is 0 Å². The minimum absolute atomic E-state index is 0.0847. The molecular formula is C16H18O5. The van der Waals surface area contributed by atoms with Gasteiger partial charge in [0.1, 0.15) is 0 Å². The van der Waals surface area contributed by atoms with Crippen molar-refractivity contribution in [2.24, 2.45) is 0 Å². The van der Waals surface area contributed by atoms with Gasteiger partial charge in [-0.3, -0.25) is 9.59 Å². The van der Waals surface area contributed by atoms with Gasteiger partial charge in [-0.25, -0.2) is 0 Å². The third-order valence-electron chi connectivity index (χ3n) is 3.50. The summed E-state index contributed by atoms with van der Waals surface area (Å²) in [4.78, 5) is 23.9. The molecule has 5 nitrogen and oxygen atoms in total.